The Bertz CT molecular complexity index is 1270. The van der Waals surface area contributed by atoms with E-state index >= 15 is 0 Å². The highest BCUT2D eigenvalue weighted by molar-refractivity contribution is 6.11. The van der Waals surface area contributed by atoms with Gasteiger partial charge in [-0.15, -0.1) is 0 Å². The van der Waals surface area contributed by atoms with E-state index in [2.05, 4.69) is 15.3 Å². The smallest absolute Gasteiger partial charge is 0.323 e. The van der Waals surface area contributed by atoms with Crippen LogP contribution in [0.25, 0.3) is 16.9 Å². The number of pyridine rings is 1. The van der Waals surface area contributed by atoms with Crippen molar-refractivity contribution in [2.45, 2.75) is 44.1 Å². The Morgan fingerprint density at radius 1 is 1.09 bits per heavy atom. The number of nitrogens with one attached hydrogen (secondary N) is 1. The van der Waals surface area contributed by atoms with Gasteiger partial charge in [0.15, 0.2) is 11.4 Å². The zero-order valence-corrected chi connectivity index (χ0v) is 17.8. The van der Waals surface area contributed by atoms with Gasteiger partial charge >= 0.3 is 6.03 Å². The number of hydrogen-bond donors (Lipinski definition) is 1. The molecule has 1 aliphatic heterocycles. The molecule has 1 saturated heterocycles. The van der Waals surface area contributed by atoms with Crippen molar-refractivity contribution >= 4 is 28.9 Å². The molecule has 3 aromatic rings. The van der Waals surface area contributed by atoms with Crippen LogP contribution in [0, 0.1) is 6.92 Å². The fourth-order valence-electron chi connectivity index (χ4n) is 4.57. The highest BCUT2D eigenvalue weighted by Crippen LogP contribution is 2.41. The highest BCUT2D eigenvalue weighted by atomic mass is 19.3. The van der Waals surface area contributed by atoms with Crippen LogP contribution in [0.4, 0.5) is 13.6 Å². The van der Waals surface area contributed by atoms with Crippen molar-refractivity contribution in [3.05, 3.63) is 54.0 Å². The molecule has 1 spiro atoms. The van der Waals surface area contributed by atoms with Crippen LogP contribution in [-0.2, 0) is 4.79 Å². The van der Waals surface area contributed by atoms with Gasteiger partial charge in [0.1, 0.15) is 16.9 Å². The number of amides is 3. The topological polar surface area (TPSA) is 97.2 Å². The molecule has 0 unspecified atom stereocenters. The molecule has 5 rings (SSSR count). The van der Waals surface area contributed by atoms with Crippen LogP contribution in [0.1, 0.15) is 41.9 Å². The molecule has 170 valence electrons. The van der Waals surface area contributed by atoms with Crippen LogP contribution < -0.4 is 5.32 Å². The lowest BCUT2D eigenvalue weighted by molar-refractivity contribution is -0.135. The molecule has 2 fully saturated rings. The number of carbonyl (C=O) groups is 3. The molecular formula is C23H21F2N5O3. The summed E-state index contributed by atoms with van der Waals surface area (Å²) in [6.45, 7) is 1.41. The average Bonchev–Trinajstić information content (AvgIpc) is 3.24. The number of nitrogens with zero attached hydrogens (tertiary/aromatic N) is 4. The Hall–Kier alpha value is -3.69. The number of rotatable bonds is 4. The van der Waals surface area contributed by atoms with Crippen molar-refractivity contribution in [3.63, 3.8) is 0 Å². The fraction of sp³-hybridized carbons (Fsp3) is 0.348. The third-order valence-corrected chi connectivity index (χ3v) is 6.41. The van der Waals surface area contributed by atoms with Gasteiger partial charge in [0.25, 0.3) is 5.91 Å². The Balaban J connectivity index is 1.33. The first-order valence-corrected chi connectivity index (χ1v) is 10.6. The Kier molecular flexibility index (Phi) is 4.77. The molecule has 33 heavy (non-hydrogen) atoms. The Morgan fingerprint density at radius 3 is 2.48 bits per heavy atom. The molecule has 1 aliphatic carbocycles. The van der Waals surface area contributed by atoms with Gasteiger partial charge in [0, 0.05) is 30.3 Å². The van der Waals surface area contributed by atoms with E-state index in [0.717, 1.165) is 21.9 Å². The molecule has 1 aromatic carbocycles. The molecule has 1 N–H and O–H groups in total. The number of fused-ring (bicyclic) bond motifs is 1. The first kappa shape index (κ1) is 21.2. The standard InChI is InChI=1S/C23H21F2N5O3/c1-14-27-17-3-2-12-26-19(17)30(14)16-6-4-15(5-7-16)18(31)13-29-20(32)22(28-21(29)33)8-10-23(24,25)11-9-22/h2-7,12H,8-11,13H2,1H3,(H,28,33). The van der Waals surface area contributed by atoms with E-state index in [9.17, 15) is 23.2 Å². The molecule has 10 heteroatoms. The van der Waals surface area contributed by atoms with Crippen molar-refractivity contribution in [3.8, 4) is 5.69 Å². The van der Waals surface area contributed by atoms with Crippen molar-refractivity contribution in [1.29, 1.82) is 0 Å². The summed E-state index contributed by atoms with van der Waals surface area (Å²) in [5.74, 6) is -3.13. The predicted octanol–water partition coefficient (Wildman–Crippen LogP) is 3.41. The zero-order chi connectivity index (χ0) is 23.4. The summed E-state index contributed by atoms with van der Waals surface area (Å²) in [5, 5.41) is 2.55. The molecule has 2 aliphatic rings. The summed E-state index contributed by atoms with van der Waals surface area (Å²) in [6, 6.07) is 9.66. The quantitative estimate of drug-likeness (QED) is 0.482. The maximum Gasteiger partial charge on any atom is 0.325 e. The number of carbonyl (C=O) groups excluding carboxylic acids is 3. The number of ketones is 1. The monoisotopic (exact) mass is 453 g/mol. The number of aryl methyl sites for hydroxylation is 1. The second-order valence-electron chi connectivity index (χ2n) is 8.57. The fourth-order valence-corrected chi connectivity index (χ4v) is 4.57. The number of hydrogen-bond acceptors (Lipinski definition) is 5. The third kappa shape index (κ3) is 3.55. The van der Waals surface area contributed by atoms with E-state index in [1.54, 1.807) is 36.5 Å². The lowest BCUT2D eigenvalue weighted by Crippen LogP contribution is -2.51. The largest absolute Gasteiger partial charge is 0.325 e. The first-order chi connectivity index (χ1) is 15.7. The SMILES string of the molecule is Cc1nc2cccnc2n1-c1ccc(C(=O)CN2C(=O)NC3(CCC(F)(F)CC3)C2=O)cc1. The summed E-state index contributed by atoms with van der Waals surface area (Å²) in [7, 11) is 0. The molecule has 3 amide bonds. The lowest BCUT2D eigenvalue weighted by atomic mass is 9.80. The number of Topliss-reactive ketones (excluding diaryl/α,β-unsaturated/α-hetero) is 1. The molecule has 2 aromatic heterocycles. The third-order valence-electron chi connectivity index (χ3n) is 6.41. The van der Waals surface area contributed by atoms with E-state index in [-0.39, 0.29) is 12.8 Å². The lowest BCUT2D eigenvalue weighted by Gasteiger charge is -2.34. The number of imide groups is 1. The predicted molar refractivity (Wildman–Crippen MR) is 114 cm³/mol. The summed E-state index contributed by atoms with van der Waals surface area (Å²) >= 11 is 0. The summed E-state index contributed by atoms with van der Waals surface area (Å²) in [4.78, 5) is 47.8. The number of halogens is 2. The van der Waals surface area contributed by atoms with Crippen LogP contribution in [-0.4, -0.2) is 55.2 Å². The van der Waals surface area contributed by atoms with Gasteiger partial charge in [-0.1, -0.05) is 0 Å². The van der Waals surface area contributed by atoms with Gasteiger partial charge in [-0.2, -0.15) is 0 Å². The van der Waals surface area contributed by atoms with Crippen LogP contribution in [0.5, 0.6) is 0 Å². The van der Waals surface area contributed by atoms with E-state index in [4.69, 9.17) is 0 Å². The molecule has 8 nitrogen and oxygen atoms in total. The molecular weight excluding hydrogens is 432 g/mol. The van der Waals surface area contributed by atoms with Gasteiger partial charge in [-0.25, -0.2) is 23.5 Å². The number of imidazole rings is 1. The number of alkyl halides is 2. The minimum atomic E-state index is -2.84. The molecule has 0 bridgehead atoms. The van der Waals surface area contributed by atoms with Gasteiger partial charge in [0.05, 0.1) is 6.54 Å². The molecule has 0 atom stereocenters. The first-order valence-electron chi connectivity index (χ1n) is 10.6. The van der Waals surface area contributed by atoms with E-state index in [1.165, 1.54) is 0 Å². The second kappa shape index (κ2) is 7.43. The number of urea groups is 1. The molecule has 0 radical (unpaired) electrons. The second-order valence-corrected chi connectivity index (χ2v) is 8.57. The van der Waals surface area contributed by atoms with Crippen LogP contribution >= 0.6 is 0 Å². The summed E-state index contributed by atoms with van der Waals surface area (Å²) in [6.07, 6.45) is 0.446. The number of benzene rings is 1. The van der Waals surface area contributed by atoms with E-state index in [1.807, 2.05) is 17.6 Å². The molecule has 3 heterocycles. The van der Waals surface area contributed by atoms with Gasteiger partial charge in [0.2, 0.25) is 5.92 Å². The minimum Gasteiger partial charge on any atom is -0.323 e. The normalized spacial score (nSPS) is 19.3. The van der Waals surface area contributed by atoms with Gasteiger partial charge in [-0.3, -0.25) is 19.1 Å². The average molecular weight is 453 g/mol. The summed E-state index contributed by atoms with van der Waals surface area (Å²) < 4.78 is 28.9. The van der Waals surface area contributed by atoms with Crippen LogP contribution in [0.3, 0.4) is 0 Å². The molecule has 1 saturated carbocycles. The van der Waals surface area contributed by atoms with Crippen molar-refractivity contribution in [1.82, 2.24) is 24.8 Å². The van der Waals surface area contributed by atoms with E-state index in [0.29, 0.717) is 11.2 Å². The van der Waals surface area contributed by atoms with Gasteiger partial charge in [-0.05, 0) is 56.2 Å². The van der Waals surface area contributed by atoms with Crippen molar-refractivity contribution < 1.29 is 23.2 Å². The Morgan fingerprint density at radius 2 is 1.79 bits per heavy atom. The van der Waals surface area contributed by atoms with Crippen LogP contribution in [0.2, 0.25) is 0 Å². The number of aromatic nitrogens is 3. The van der Waals surface area contributed by atoms with Gasteiger partial charge < -0.3 is 5.32 Å². The maximum absolute atomic E-state index is 13.5. The zero-order valence-electron chi connectivity index (χ0n) is 17.8. The Labute approximate surface area is 187 Å². The van der Waals surface area contributed by atoms with Crippen molar-refractivity contribution in [2.75, 3.05) is 6.54 Å². The van der Waals surface area contributed by atoms with E-state index < -0.39 is 48.6 Å². The minimum absolute atomic E-state index is 0.143. The maximum atomic E-state index is 13.5. The van der Waals surface area contributed by atoms with Crippen molar-refractivity contribution in [2.24, 2.45) is 0 Å². The highest BCUT2D eigenvalue weighted by Gasteiger charge is 2.55. The van der Waals surface area contributed by atoms with Crippen LogP contribution in [0.15, 0.2) is 42.6 Å². The summed E-state index contributed by atoms with van der Waals surface area (Å²) in [5.41, 5.74) is 1.20.